The number of amides is 1. The van der Waals surface area contributed by atoms with E-state index in [9.17, 15) is 9.18 Å². The van der Waals surface area contributed by atoms with E-state index in [1.54, 1.807) is 11.0 Å². The molecule has 1 fully saturated rings. The Morgan fingerprint density at radius 1 is 1.39 bits per heavy atom. The molecule has 1 aromatic rings. The smallest absolute Gasteiger partial charge is 0.256 e. The predicted octanol–water partition coefficient (Wildman–Crippen LogP) is 2.28. The van der Waals surface area contributed by atoms with Gasteiger partial charge in [0.05, 0.1) is 31.3 Å². The Morgan fingerprint density at radius 2 is 2.13 bits per heavy atom. The summed E-state index contributed by atoms with van der Waals surface area (Å²) in [5, 5.41) is 8.78. The van der Waals surface area contributed by atoms with Gasteiger partial charge >= 0.3 is 0 Å². The summed E-state index contributed by atoms with van der Waals surface area (Å²) < 4.78 is 19.9. The molecule has 5 nitrogen and oxygen atoms in total. The van der Waals surface area contributed by atoms with Crippen molar-refractivity contribution >= 4 is 21.8 Å². The van der Waals surface area contributed by atoms with Gasteiger partial charge in [-0.15, -0.1) is 0 Å². The summed E-state index contributed by atoms with van der Waals surface area (Å²) in [4.78, 5) is 16.3. The molecule has 2 rings (SSSR count). The highest BCUT2D eigenvalue weighted by Gasteiger charge is 2.20. The van der Waals surface area contributed by atoms with Crippen molar-refractivity contribution in [3.8, 4) is 6.07 Å². The molecular weight excluding hydrogens is 365 g/mol. The number of hydrogen-bond acceptors (Lipinski definition) is 4. The van der Waals surface area contributed by atoms with E-state index in [4.69, 9.17) is 10.00 Å². The van der Waals surface area contributed by atoms with Crippen LogP contribution < -0.4 is 0 Å². The van der Waals surface area contributed by atoms with Crippen LogP contribution in [0, 0.1) is 17.1 Å². The van der Waals surface area contributed by atoms with Gasteiger partial charge in [0.1, 0.15) is 5.82 Å². The minimum absolute atomic E-state index is 0.0353. The number of carbonyl (C=O) groups is 1. The second-order valence-electron chi connectivity index (χ2n) is 5.28. The quantitative estimate of drug-likeness (QED) is 0.755. The summed E-state index contributed by atoms with van der Waals surface area (Å²) in [6, 6.07) is 6.42. The van der Waals surface area contributed by atoms with Crippen LogP contribution in [0.5, 0.6) is 0 Å². The van der Waals surface area contributed by atoms with Crippen LogP contribution >= 0.6 is 15.9 Å². The molecule has 1 aromatic carbocycles. The zero-order valence-electron chi connectivity index (χ0n) is 12.8. The molecule has 0 N–H and O–H groups in total. The normalized spacial score (nSPS) is 15.2. The number of hydrogen-bond donors (Lipinski definition) is 0. The lowest BCUT2D eigenvalue weighted by Gasteiger charge is -2.30. The highest BCUT2D eigenvalue weighted by Crippen LogP contribution is 2.17. The van der Waals surface area contributed by atoms with E-state index in [-0.39, 0.29) is 17.9 Å². The fourth-order valence-corrected chi connectivity index (χ4v) is 2.75. The minimum Gasteiger partial charge on any atom is -0.379 e. The Bertz CT molecular complexity index is 585. The van der Waals surface area contributed by atoms with Crippen molar-refractivity contribution in [2.75, 3.05) is 45.9 Å². The van der Waals surface area contributed by atoms with Crippen LogP contribution in [0.4, 0.5) is 4.39 Å². The lowest BCUT2D eigenvalue weighted by atomic mass is 10.1. The number of carbonyl (C=O) groups excluding carboxylic acids is 1. The molecule has 1 amide bonds. The van der Waals surface area contributed by atoms with E-state index < -0.39 is 5.82 Å². The van der Waals surface area contributed by atoms with Crippen molar-refractivity contribution in [3.05, 3.63) is 34.1 Å². The van der Waals surface area contributed by atoms with Crippen LogP contribution in [0.3, 0.4) is 0 Å². The third-order valence-corrected chi connectivity index (χ3v) is 4.23. The fourth-order valence-electron chi connectivity index (χ4n) is 2.42. The van der Waals surface area contributed by atoms with E-state index in [2.05, 4.69) is 20.8 Å². The van der Waals surface area contributed by atoms with Gasteiger partial charge in [-0.2, -0.15) is 5.26 Å². The summed E-state index contributed by atoms with van der Waals surface area (Å²) in [5.41, 5.74) is 0.0353. The van der Waals surface area contributed by atoms with Crippen molar-refractivity contribution < 1.29 is 13.9 Å². The van der Waals surface area contributed by atoms with Gasteiger partial charge in [-0.25, -0.2) is 4.39 Å². The molecule has 0 aliphatic carbocycles. The number of benzene rings is 1. The Kier molecular flexibility index (Phi) is 6.96. The molecule has 0 aromatic heterocycles. The van der Waals surface area contributed by atoms with Gasteiger partial charge in [0, 0.05) is 37.2 Å². The van der Waals surface area contributed by atoms with E-state index >= 15 is 0 Å². The lowest BCUT2D eigenvalue weighted by molar-refractivity contribution is 0.0325. The molecule has 1 saturated heterocycles. The van der Waals surface area contributed by atoms with Crippen molar-refractivity contribution in [2.24, 2.45) is 0 Å². The summed E-state index contributed by atoms with van der Waals surface area (Å²) in [7, 11) is 0. The highest BCUT2D eigenvalue weighted by atomic mass is 79.9. The molecular formula is C16H19BrFN3O2. The van der Waals surface area contributed by atoms with Crippen LogP contribution in [-0.4, -0.2) is 61.6 Å². The second kappa shape index (κ2) is 8.96. The van der Waals surface area contributed by atoms with Crippen molar-refractivity contribution in [3.63, 3.8) is 0 Å². The SMILES string of the molecule is N#CCCN(CCN1CCOCC1)C(=O)c1ccc(Br)cc1F. The number of rotatable bonds is 6. The highest BCUT2D eigenvalue weighted by molar-refractivity contribution is 9.10. The molecule has 0 bridgehead atoms. The summed E-state index contributed by atoms with van der Waals surface area (Å²) >= 11 is 3.18. The van der Waals surface area contributed by atoms with Crippen LogP contribution in [0.25, 0.3) is 0 Å². The maximum Gasteiger partial charge on any atom is 0.256 e. The topological polar surface area (TPSA) is 56.6 Å². The fraction of sp³-hybridized carbons (Fsp3) is 0.500. The second-order valence-corrected chi connectivity index (χ2v) is 6.19. The Hall–Kier alpha value is -1.49. The Morgan fingerprint density at radius 3 is 2.78 bits per heavy atom. The molecule has 0 atom stereocenters. The molecule has 0 saturated carbocycles. The summed E-state index contributed by atoms with van der Waals surface area (Å²) in [6.07, 6.45) is 0.229. The zero-order valence-corrected chi connectivity index (χ0v) is 14.4. The monoisotopic (exact) mass is 383 g/mol. The molecule has 0 radical (unpaired) electrons. The van der Waals surface area contributed by atoms with Crippen LogP contribution in [0.2, 0.25) is 0 Å². The van der Waals surface area contributed by atoms with Gasteiger partial charge in [-0.3, -0.25) is 9.69 Å². The van der Waals surface area contributed by atoms with E-state index in [1.165, 1.54) is 12.1 Å². The number of morpholine rings is 1. The van der Waals surface area contributed by atoms with Gasteiger partial charge in [0.15, 0.2) is 0 Å². The zero-order chi connectivity index (χ0) is 16.7. The molecule has 0 unspecified atom stereocenters. The van der Waals surface area contributed by atoms with Crippen LogP contribution in [-0.2, 0) is 4.74 Å². The summed E-state index contributed by atoms with van der Waals surface area (Å²) in [5.74, 6) is -0.934. The van der Waals surface area contributed by atoms with E-state index in [0.29, 0.717) is 37.3 Å². The molecule has 23 heavy (non-hydrogen) atoms. The molecule has 1 aliphatic heterocycles. The third-order valence-electron chi connectivity index (χ3n) is 3.73. The molecule has 0 spiro atoms. The number of nitrogens with zero attached hydrogens (tertiary/aromatic N) is 3. The largest absolute Gasteiger partial charge is 0.379 e. The maximum atomic E-state index is 14.0. The van der Waals surface area contributed by atoms with Gasteiger partial charge < -0.3 is 9.64 Å². The van der Waals surface area contributed by atoms with E-state index in [1.807, 2.05) is 6.07 Å². The predicted molar refractivity (Wildman–Crippen MR) is 87.5 cm³/mol. The molecule has 124 valence electrons. The minimum atomic E-state index is -0.558. The van der Waals surface area contributed by atoms with Crippen molar-refractivity contribution in [1.29, 1.82) is 5.26 Å². The van der Waals surface area contributed by atoms with Crippen molar-refractivity contribution in [2.45, 2.75) is 6.42 Å². The van der Waals surface area contributed by atoms with Crippen LogP contribution in [0.15, 0.2) is 22.7 Å². The van der Waals surface area contributed by atoms with E-state index in [0.717, 1.165) is 13.1 Å². The third kappa shape index (κ3) is 5.27. The van der Waals surface area contributed by atoms with Gasteiger partial charge in [0.25, 0.3) is 5.91 Å². The van der Waals surface area contributed by atoms with Gasteiger partial charge in [-0.05, 0) is 18.2 Å². The first-order valence-corrected chi connectivity index (χ1v) is 8.32. The van der Waals surface area contributed by atoms with Crippen LogP contribution in [0.1, 0.15) is 16.8 Å². The average molecular weight is 384 g/mol. The average Bonchev–Trinajstić information content (AvgIpc) is 2.55. The number of halogens is 2. The Labute approximate surface area is 143 Å². The molecule has 1 aliphatic rings. The van der Waals surface area contributed by atoms with Crippen molar-refractivity contribution in [1.82, 2.24) is 9.80 Å². The first-order chi connectivity index (χ1) is 11.1. The lowest BCUT2D eigenvalue weighted by Crippen LogP contribution is -2.43. The first kappa shape index (κ1) is 17.9. The summed E-state index contributed by atoms with van der Waals surface area (Å²) in [6.45, 7) is 4.49. The number of nitriles is 1. The first-order valence-electron chi connectivity index (χ1n) is 7.53. The molecule has 7 heteroatoms. The number of ether oxygens (including phenoxy) is 1. The Balaban J connectivity index is 2.03. The van der Waals surface area contributed by atoms with Gasteiger partial charge in [0.2, 0.25) is 0 Å². The standard InChI is InChI=1S/C16H19BrFN3O2/c17-13-2-3-14(15(18)12-13)16(22)21(5-1-4-19)7-6-20-8-10-23-11-9-20/h2-3,12H,1,5-11H2. The molecule has 1 heterocycles. The maximum absolute atomic E-state index is 14.0. The van der Waals surface area contributed by atoms with Gasteiger partial charge in [-0.1, -0.05) is 15.9 Å².